The Morgan fingerprint density at radius 1 is 1.33 bits per heavy atom. The van der Waals surface area contributed by atoms with E-state index in [1.165, 1.54) is 6.07 Å². The van der Waals surface area contributed by atoms with Gasteiger partial charge in [0.2, 0.25) is 0 Å². The lowest BCUT2D eigenvalue weighted by Gasteiger charge is -2.13. The molecule has 1 unspecified atom stereocenters. The van der Waals surface area contributed by atoms with E-state index in [0.29, 0.717) is 0 Å². The molecule has 0 amide bonds. The lowest BCUT2D eigenvalue weighted by Crippen LogP contribution is -2.23. The van der Waals surface area contributed by atoms with E-state index in [0.717, 1.165) is 12.1 Å². The first-order chi connectivity index (χ1) is 9.73. The molecule has 0 aromatic heterocycles. The van der Waals surface area contributed by atoms with Crippen molar-refractivity contribution in [2.24, 2.45) is 0 Å². The zero-order chi connectivity index (χ0) is 16.0. The van der Waals surface area contributed by atoms with Crippen LogP contribution in [0.15, 0.2) is 18.2 Å². The van der Waals surface area contributed by atoms with Gasteiger partial charge < -0.3 is 20.8 Å². The van der Waals surface area contributed by atoms with E-state index < -0.39 is 36.0 Å². The van der Waals surface area contributed by atoms with Crippen LogP contribution < -0.4 is 10.6 Å². The summed E-state index contributed by atoms with van der Waals surface area (Å²) in [6.45, 7) is -1.92. The summed E-state index contributed by atoms with van der Waals surface area (Å²) in [5.41, 5.74) is -0.542. The van der Waals surface area contributed by atoms with Gasteiger partial charge in [0.1, 0.15) is 12.2 Å². The van der Waals surface area contributed by atoms with E-state index in [4.69, 9.17) is 10.2 Å². The first-order valence-electron chi connectivity index (χ1n) is 5.85. The molecule has 0 saturated heterocycles. The molecule has 0 fully saturated rings. The molecule has 1 aromatic rings. The highest BCUT2D eigenvalue weighted by atomic mass is 19.4. The standard InChI is InChI=1S/C11H14F3N3O4/c12-11(13,14)6-16-9-2-1-7(3-10(9)17(20)21)15-4-8(19)5-18/h1-3,8,15-16,18-19H,4-6H2. The molecule has 0 radical (unpaired) electrons. The molecule has 1 aromatic carbocycles. The Bertz CT molecular complexity index is 496. The summed E-state index contributed by atoms with van der Waals surface area (Å²) in [5, 5.41) is 33.2. The van der Waals surface area contributed by atoms with Crippen LogP contribution in [0.3, 0.4) is 0 Å². The first-order valence-corrected chi connectivity index (χ1v) is 5.85. The SMILES string of the molecule is O=[N+]([O-])c1cc(NCC(O)CO)ccc1NCC(F)(F)F. The summed E-state index contributed by atoms with van der Waals surface area (Å²) in [6, 6.07) is 3.51. The minimum absolute atomic E-state index is 0.0526. The highest BCUT2D eigenvalue weighted by molar-refractivity contribution is 5.68. The Morgan fingerprint density at radius 3 is 2.52 bits per heavy atom. The van der Waals surface area contributed by atoms with Crippen molar-refractivity contribution >= 4 is 17.1 Å². The summed E-state index contributed by atoms with van der Waals surface area (Å²) in [4.78, 5) is 10.0. The molecule has 118 valence electrons. The van der Waals surface area contributed by atoms with Gasteiger partial charge in [-0.2, -0.15) is 13.2 Å². The largest absolute Gasteiger partial charge is 0.405 e. The second-order valence-electron chi connectivity index (χ2n) is 4.18. The quantitative estimate of drug-likeness (QED) is 0.447. The van der Waals surface area contributed by atoms with Crippen LogP contribution in [0.1, 0.15) is 0 Å². The first kappa shape index (κ1) is 17.0. The maximum absolute atomic E-state index is 12.1. The number of aliphatic hydroxyl groups excluding tert-OH is 2. The molecule has 21 heavy (non-hydrogen) atoms. The molecule has 0 bridgehead atoms. The summed E-state index contributed by atoms with van der Waals surface area (Å²) in [6.07, 6.45) is -5.54. The fourth-order valence-corrected chi connectivity index (χ4v) is 1.44. The molecule has 1 atom stereocenters. The van der Waals surface area contributed by atoms with Crippen molar-refractivity contribution in [3.63, 3.8) is 0 Å². The smallest absolute Gasteiger partial charge is 0.394 e. The van der Waals surface area contributed by atoms with Crippen LogP contribution in [0.4, 0.5) is 30.2 Å². The van der Waals surface area contributed by atoms with Crippen LogP contribution in [-0.4, -0.2) is 47.1 Å². The molecule has 4 N–H and O–H groups in total. The molecular weight excluding hydrogens is 295 g/mol. The average Bonchev–Trinajstić information content (AvgIpc) is 2.41. The molecule has 0 spiro atoms. The van der Waals surface area contributed by atoms with Crippen molar-refractivity contribution in [3.05, 3.63) is 28.3 Å². The second kappa shape index (κ2) is 7.09. The lowest BCUT2D eigenvalue weighted by atomic mass is 10.2. The fourth-order valence-electron chi connectivity index (χ4n) is 1.44. The van der Waals surface area contributed by atoms with Crippen molar-refractivity contribution < 1.29 is 28.3 Å². The third kappa shape index (κ3) is 5.83. The Balaban J connectivity index is 2.84. The van der Waals surface area contributed by atoms with Crippen LogP contribution in [0.2, 0.25) is 0 Å². The van der Waals surface area contributed by atoms with E-state index in [2.05, 4.69) is 5.32 Å². The van der Waals surface area contributed by atoms with Gasteiger partial charge in [-0.05, 0) is 12.1 Å². The number of alkyl halides is 3. The number of aliphatic hydroxyl groups is 2. The van der Waals surface area contributed by atoms with Gasteiger partial charge in [0.05, 0.1) is 17.6 Å². The third-order valence-electron chi connectivity index (χ3n) is 2.43. The minimum Gasteiger partial charge on any atom is -0.394 e. The normalized spacial score (nSPS) is 12.8. The number of anilines is 2. The van der Waals surface area contributed by atoms with Crippen LogP contribution in [0.5, 0.6) is 0 Å². The minimum atomic E-state index is -4.49. The molecule has 0 aliphatic carbocycles. The van der Waals surface area contributed by atoms with E-state index in [1.807, 2.05) is 5.32 Å². The number of nitrogens with zero attached hydrogens (tertiary/aromatic N) is 1. The maximum atomic E-state index is 12.1. The average molecular weight is 309 g/mol. The van der Waals surface area contributed by atoms with Crippen molar-refractivity contribution in [2.75, 3.05) is 30.3 Å². The topological polar surface area (TPSA) is 108 Å². The Morgan fingerprint density at radius 2 is 2.00 bits per heavy atom. The molecule has 0 aliphatic heterocycles. The van der Waals surface area contributed by atoms with Gasteiger partial charge in [0.25, 0.3) is 5.69 Å². The van der Waals surface area contributed by atoms with Gasteiger partial charge in [0, 0.05) is 18.3 Å². The zero-order valence-corrected chi connectivity index (χ0v) is 10.7. The lowest BCUT2D eigenvalue weighted by molar-refractivity contribution is -0.383. The van der Waals surface area contributed by atoms with Crippen LogP contribution in [-0.2, 0) is 0 Å². The number of hydrogen-bond donors (Lipinski definition) is 4. The van der Waals surface area contributed by atoms with Crippen molar-refractivity contribution in [3.8, 4) is 0 Å². The Labute approximate surface area is 117 Å². The third-order valence-corrected chi connectivity index (χ3v) is 2.43. The van der Waals surface area contributed by atoms with E-state index in [1.54, 1.807) is 0 Å². The van der Waals surface area contributed by atoms with Gasteiger partial charge in [-0.1, -0.05) is 0 Å². The van der Waals surface area contributed by atoms with Crippen LogP contribution >= 0.6 is 0 Å². The van der Waals surface area contributed by atoms with Gasteiger partial charge in [-0.3, -0.25) is 10.1 Å². The molecular formula is C11H14F3N3O4. The second-order valence-corrected chi connectivity index (χ2v) is 4.18. The highest BCUT2D eigenvalue weighted by Gasteiger charge is 2.28. The Kier molecular flexibility index (Phi) is 5.73. The predicted octanol–water partition coefficient (Wildman–Crippen LogP) is 1.33. The predicted molar refractivity (Wildman–Crippen MR) is 69.2 cm³/mol. The number of nitro groups is 1. The fraction of sp³-hybridized carbons (Fsp3) is 0.455. The van der Waals surface area contributed by atoms with E-state index in [-0.39, 0.29) is 17.9 Å². The van der Waals surface area contributed by atoms with E-state index >= 15 is 0 Å². The summed E-state index contributed by atoms with van der Waals surface area (Å²) < 4.78 is 36.3. The molecule has 1 rings (SSSR count). The number of nitro benzene ring substituents is 1. The molecule has 0 aliphatic rings. The summed E-state index contributed by atoms with van der Waals surface area (Å²) in [7, 11) is 0. The molecule has 0 heterocycles. The number of halogens is 3. The van der Waals surface area contributed by atoms with Gasteiger partial charge >= 0.3 is 6.18 Å². The maximum Gasteiger partial charge on any atom is 0.405 e. The summed E-state index contributed by atoms with van der Waals surface area (Å²) in [5.74, 6) is 0. The number of nitrogens with one attached hydrogen (secondary N) is 2. The Hall–Kier alpha value is -2.07. The number of hydrogen-bond acceptors (Lipinski definition) is 6. The van der Waals surface area contributed by atoms with Crippen molar-refractivity contribution in [1.82, 2.24) is 0 Å². The van der Waals surface area contributed by atoms with Gasteiger partial charge in [-0.15, -0.1) is 0 Å². The van der Waals surface area contributed by atoms with E-state index in [9.17, 15) is 23.3 Å². The van der Waals surface area contributed by atoms with Crippen LogP contribution in [0.25, 0.3) is 0 Å². The monoisotopic (exact) mass is 309 g/mol. The molecule has 0 saturated carbocycles. The number of benzene rings is 1. The zero-order valence-electron chi connectivity index (χ0n) is 10.7. The summed E-state index contributed by atoms with van der Waals surface area (Å²) >= 11 is 0. The van der Waals surface area contributed by atoms with Crippen molar-refractivity contribution in [1.29, 1.82) is 0 Å². The van der Waals surface area contributed by atoms with Crippen molar-refractivity contribution in [2.45, 2.75) is 12.3 Å². The number of rotatable bonds is 7. The molecule has 7 nitrogen and oxygen atoms in total. The highest BCUT2D eigenvalue weighted by Crippen LogP contribution is 2.29. The molecule has 10 heteroatoms. The van der Waals surface area contributed by atoms with Gasteiger partial charge in [-0.25, -0.2) is 0 Å². The van der Waals surface area contributed by atoms with Gasteiger partial charge in [0.15, 0.2) is 0 Å². The van der Waals surface area contributed by atoms with Crippen LogP contribution in [0, 0.1) is 10.1 Å².